The summed E-state index contributed by atoms with van der Waals surface area (Å²) in [5.74, 6) is 0. The van der Waals surface area contributed by atoms with Crippen LogP contribution in [0.5, 0.6) is 0 Å². The van der Waals surface area contributed by atoms with Gasteiger partial charge in [0.25, 0.3) is 0 Å². The molecule has 4 nitrogen and oxygen atoms in total. The van der Waals surface area contributed by atoms with Gasteiger partial charge in [0.15, 0.2) is 0 Å². The molecule has 0 aliphatic carbocycles. The Labute approximate surface area is 175 Å². The molecule has 0 saturated heterocycles. The molecule has 0 atom stereocenters. The summed E-state index contributed by atoms with van der Waals surface area (Å²) in [5.41, 5.74) is 1.69. The maximum atomic E-state index is 10.8. The van der Waals surface area contributed by atoms with Gasteiger partial charge in [0.2, 0.25) is 0 Å². The Balaban J connectivity index is 0.000000173. The van der Waals surface area contributed by atoms with Gasteiger partial charge in [-0.3, -0.25) is 0 Å². The molecule has 0 aliphatic rings. The number of hydrogen-bond acceptors (Lipinski definition) is 8. The van der Waals surface area contributed by atoms with Gasteiger partial charge in [-0.25, -0.2) is 9.97 Å². The maximum absolute atomic E-state index is 10.8. The van der Waals surface area contributed by atoms with E-state index in [4.69, 9.17) is 0 Å². The molecule has 4 rings (SSSR count). The molecule has 0 aliphatic heterocycles. The summed E-state index contributed by atoms with van der Waals surface area (Å²) in [6.07, 6.45) is 0. The van der Waals surface area contributed by atoms with Crippen LogP contribution in [0.3, 0.4) is 0 Å². The smallest absolute Gasteiger partial charge is 0.734 e. The van der Waals surface area contributed by atoms with E-state index in [2.05, 4.69) is 35.2 Å². The van der Waals surface area contributed by atoms with Crippen molar-refractivity contribution in [2.45, 2.75) is 0 Å². The predicted molar refractivity (Wildman–Crippen MR) is 103 cm³/mol. The number of fused-ring (bicyclic) bond motifs is 2. The Morgan fingerprint density at radius 1 is 0.720 bits per heavy atom. The molecule has 2 aromatic carbocycles. The molecule has 0 spiro atoms. The average molecular weight is 454 g/mol. The first-order valence-corrected chi connectivity index (χ1v) is 9.13. The fraction of sp³-hybridized carbons (Fsp3) is 0. The Morgan fingerprint density at radius 2 is 1.08 bits per heavy atom. The van der Waals surface area contributed by atoms with Crippen molar-refractivity contribution in [1.82, 2.24) is 9.97 Å². The van der Waals surface area contributed by atoms with Gasteiger partial charge in [-0.1, -0.05) is 24.3 Å². The molecular weight excluding hydrogens is 446 g/mol. The van der Waals surface area contributed by atoms with Crippen LogP contribution in [0.15, 0.2) is 48.5 Å². The van der Waals surface area contributed by atoms with Crippen LogP contribution in [0, 0.1) is 0 Å². The van der Waals surface area contributed by atoms with Crippen molar-refractivity contribution in [2.75, 3.05) is 0 Å². The van der Waals surface area contributed by atoms with E-state index in [1.54, 1.807) is 0 Å². The standard InChI is InChI=1S/2C8H5NOS2.Zn/c2*10-8(11)7-9-5-3-1-2-4-6(5)12-7;/h2*1-4H,(H,10,11);/q;;+2/p-2. The molecule has 25 heavy (non-hydrogen) atoms. The normalized spacial score (nSPS) is 9.92. The van der Waals surface area contributed by atoms with Crippen molar-refractivity contribution in [1.29, 1.82) is 0 Å². The van der Waals surface area contributed by atoms with Crippen molar-refractivity contribution in [3.63, 3.8) is 0 Å². The quantitative estimate of drug-likeness (QED) is 0.338. The first kappa shape index (κ1) is 19.9. The summed E-state index contributed by atoms with van der Waals surface area (Å²) in [7, 11) is 0. The van der Waals surface area contributed by atoms with Gasteiger partial charge in [-0.2, -0.15) is 0 Å². The van der Waals surface area contributed by atoms with Gasteiger partial charge in [-0.05, 0) is 24.3 Å². The fourth-order valence-corrected chi connectivity index (χ4v) is 3.86. The SMILES string of the molecule is O=C([S-])c1nc2ccccc2s1.O=C([S-])c1nc2ccccc2s1.[Zn+2]. The van der Waals surface area contributed by atoms with Crippen LogP contribution in [0.2, 0.25) is 0 Å². The van der Waals surface area contributed by atoms with Crippen molar-refractivity contribution in [3.05, 3.63) is 58.5 Å². The Hall–Kier alpha value is -1.38. The first-order chi connectivity index (χ1) is 11.5. The summed E-state index contributed by atoms with van der Waals surface area (Å²) in [6, 6.07) is 15.2. The molecule has 2 heterocycles. The Bertz CT molecular complexity index is 895. The number of aromatic nitrogens is 2. The summed E-state index contributed by atoms with van der Waals surface area (Å²) in [6.45, 7) is 0. The molecular formula is C16H8N2O2S4Zn. The number of thiazole rings is 2. The number of para-hydroxylation sites is 2. The molecule has 0 saturated carbocycles. The van der Waals surface area contributed by atoms with Gasteiger partial charge in [-0.15, -0.1) is 22.7 Å². The van der Waals surface area contributed by atoms with Crippen LogP contribution in [0.25, 0.3) is 20.4 Å². The maximum Gasteiger partial charge on any atom is 2.00 e. The number of nitrogens with zero attached hydrogens (tertiary/aromatic N) is 2. The van der Waals surface area contributed by atoms with E-state index in [0.717, 1.165) is 20.4 Å². The molecule has 0 bridgehead atoms. The largest absolute Gasteiger partial charge is 2.00 e. The molecule has 0 radical (unpaired) electrons. The average Bonchev–Trinajstić information content (AvgIpc) is 3.19. The van der Waals surface area contributed by atoms with Crippen molar-refractivity contribution in [3.8, 4) is 0 Å². The Kier molecular flexibility index (Phi) is 7.04. The minimum Gasteiger partial charge on any atom is -0.734 e. The second kappa shape index (κ2) is 8.82. The van der Waals surface area contributed by atoms with E-state index >= 15 is 0 Å². The monoisotopic (exact) mass is 452 g/mol. The molecule has 120 valence electrons. The summed E-state index contributed by atoms with van der Waals surface area (Å²) in [4.78, 5) is 29.7. The van der Waals surface area contributed by atoms with Crippen LogP contribution in [0.4, 0.5) is 0 Å². The van der Waals surface area contributed by atoms with Gasteiger partial charge in [0.1, 0.15) is 10.0 Å². The van der Waals surface area contributed by atoms with Crippen molar-refractivity contribution in [2.24, 2.45) is 0 Å². The van der Waals surface area contributed by atoms with Crippen molar-refractivity contribution < 1.29 is 29.1 Å². The van der Waals surface area contributed by atoms with Gasteiger partial charge in [0, 0.05) is 0 Å². The number of carbonyl (C=O) groups excluding carboxylic acids is 2. The van der Waals surface area contributed by atoms with Gasteiger partial charge >= 0.3 is 19.5 Å². The molecule has 0 fully saturated rings. The fourth-order valence-electron chi connectivity index (χ4n) is 1.92. The number of carbonyl (C=O) groups is 2. The molecule has 0 amide bonds. The zero-order valence-electron chi connectivity index (χ0n) is 12.7. The molecule has 0 unspecified atom stereocenters. The molecule has 0 N–H and O–H groups in total. The van der Waals surface area contributed by atoms with Crippen LogP contribution >= 0.6 is 22.7 Å². The zero-order chi connectivity index (χ0) is 17.1. The third-order valence-electron chi connectivity index (χ3n) is 2.94. The first-order valence-electron chi connectivity index (χ1n) is 6.68. The van der Waals surface area contributed by atoms with E-state index in [-0.39, 0.29) is 29.7 Å². The zero-order valence-corrected chi connectivity index (χ0v) is 18.9. The second-order valence-corrected chi connectivity index (χ2v) is 7.35. The van der Waals surface area contributed by atoms with E-state index in [0.29, 0.717) is 10.0 Å². The molecule has 2 aromatic heterocycles. The predicted octanol–water partition coefficient (Wildman–Crippen LogP) is 3.96. The molecule has 9 heteroatoms. The van der Waals surface area contributed by atoms with Crippen LogP contribution in [-0.2, 0) is 44.7 Å². The van der Waals surface area contributed by atoms with E-state index in [9.17, 15) is 9.59 Å². The van der Waals surface area contributed by atoms with Crippen LogP contribution < -0.4 is 0 Å². The Morgan fingerprint density at radius 3 is 1.40 bits per heavy atom. The number of hydrogen-bond donors (Lipinski definition) is 0. The number of rotatable bonds is 2. The van der Waals surface area contributed by atoms with Crippen molar-refractivity contribution >= 4 is 78.6 Å². The minimum absolute atomic E-state index is 0. The summed E-state index contributed by atoms with van der Waals surface area (Å²) in [5, 5.41) is 0.0600. The summed E-state index contributed by atoms with van der Waals surface area (Å²) >= 11 is 11.7. The minimum atomic E-state index is -0.379. The van der Waals surface area contributed by atoms with E-state index in [1.807, 2.05) is 48.5 Å². The third kappa shape index (κ3) is 4.83. The number of benzene rings is 2. The van der Waals surface area contributed by atoms with Gasteiger partial charge in [0.05, 0.1) is 30.7 Å². The van der Waals surface area contributed by atoms with E-state index in [1.165, 1.54) is 22.7 Å². The molecule has 4 aromatic rings. The van der Waals surface area contributed by atoms with Crippen LogP contribution in [-0.4, -0.2) is 20.2 Å². The van der Waals surface area contributed by atoms with Crippen LogP contribution in [0.1, 0.15) is 19.6 Å². The summed E-state index contributed by atoms with van der Waals surface area (Å²) < 4.78 is 2.01. The topological polar surface area (TPSA) is 59.9 Å². The van der Waals surface area contributed by atoms with Gasteiger partial charge < -0.3 is 34.8 Å². The third-order valence-corrected chi connectivity index (χ3v) is 5.65. The second-order valence-electron chi connectivity index (χ2n) is 4.55. The van der Waals surface area contributed by atoms with E-state index < -0.39 is 0 Å².